The molecule has 0 radical (unpaired) electrons. The van der Waals surface area contributed by atoms with Crippen LogP contribution >= 0.6 is 15.9 Å². The number of halogens is 1. The summed E-state index contributed by atoms with van der Waals surface area (Å²) >= 11 is 3.45. The van der Waals surface area contributed by atoms with Gasteiger partial charge in [-0.2, -0.15) is 0 Å². The van der Waals surface area contributed by atoms with E-state index in [1.807, 2.05) is 36.2 Å². The van der Waals surface area contributed by atoms with Crippen LogP contribution in [0.4, 0.5) is 5.69 Å². The van der Waals surface area contributed by atoms with Crippen molar-refractivity contribution in [2.24, 2.45) is 5.92 Å². The molecule has 1 aromatic carbocycles. The third kappa shape index (κ3) is 3.04. The van der Waals surface area contributed by atoms with E-state index in [9.17, 15) is 4.79 Å². The van der Waals surface area contributed by atoms with E-state index in [1.165, 1.54) is 0 Å². The van der Waals surface area contributed by atoms with Crippen molar-refractivity contribution in [3.63, 3.8) is 0 Å². The van der Waals surface area contributed by atoms with Gasteiger partial charge in [0.15, 0.2) is 0 Å². The molecule has 0 aliphatic heterocycles. The Morgan fingerprint density at radius 1 is 1.47 bits per heavy atom. The van der Waals surface area contributed by atoms with Gasteiger partial charge in [0, 0.05) is 35.3 Å². The topological polar surface area (TPSA) is 53.4 Å². The Balaban J connectivity index is 2.38. The minimum atomic E-state index is -0.786. The Morgan fingerprint density at radius 3 is 2.89 bits per heavy atom. The second-order valence-corrected chi connectivity index (χ2v) is 5.53. The van der Waals surface area contributed by atoms with E-state index in [4.69, 9.17) is 5.11 Å². The predicted molar refractivity (Wildman–Crippen MR) is 79.5 cm³/mol. The number of pyridine rings is 1. The van der Waals surface area contributed by atoms with Gasteiger partial charge in [-0.3, -0.25) is 9.78 Å². The molecular weight excluding hydrogens is 308 g/mol. The summed E-state index contributed by atoms with van der Waals surface area (Å²) in [4.78, 5) is 17.2. The van der Waals surface area contributed by atoms with Gasteiger partial charge >= 0.3 is 5.97 Å². The molecule has 4 nitrogen and oxygen atoms in total. The molecule has 0 aliphatic rings. The number of carboxylic acids is 1. The van der Waals surface area contributed by atoms with Crippen molar-refractivity contribution in [2.45, 2.75) is 6.92 Å². The Bertz CT molecular complexity index is 615. The quantitative estimate of drug-likeness (QED) is 0.939. The van der Waals surface area contributed by atoms with Crippen LogP contribution in [0.3, 0.4) is 0 Å². The molecule has 0 amide bonds. The molecule has 1 N–H and O–H groups in total. The Morgan fingerprint density at radius 2 is 2.21 bits per heavy atom. The molecule has 1 aromatic heterocycles. The molecule has 1 atom stereocenters. The summed E-state index contributed by atoms with van der Waals surface area (Å²) in [6, 6.07) is 7.79. The summed E-state index contributed by atoms with van der Waals surface area (Å²) in [6.07, 6.45) is 1.74. The molecule has 0 saturated heterocycles. The normalized spacial score (nSPS) is 12.4. The lowest BCUT2D eigenvalue weighted by Gasteiger charge is -2.23. The molecule has 2 rings (SSSR count). The fourth-order valence-electron chi connectivity index (χ4n) is 2.02. The second kappa shape index (κ2) is 5.57. The zero-order valence-electron chi connectivity index (χ0n) is 10.8. The molecule has 5 heteroatoms. The highest BCUT2D eigenvalue weighted by Crippen LogP contribution is 2.27. The largest absolute Gasteiger partial charge is 0.481 e. The SMILES string of the molecule is CC(CN(C)c1ccnc2ccc(Br)cc12)C(=O)O. The third-order valence-corrected chi connectivity index (χ3v) is 3.55. The molecule has 0 bridgehead atoms. The van der Waals surface area contributed by atoms with Crippen LogP contribution in [0, 0.1) is 5.92 Å². The number of rotatable bonds is 4. The van der Waals surface area contributed by atoms with Crippen LogP contribution in [0.15, 0.2) is 34.9 Å². The Hall–Kier alpha value is -1.62. The van der Waals surface area contributed by atoms with Gasteiger partial charge in [0.25, 0.3) is 0 Å². The van der Waals surface area contributed by atoms with Gasteiger partial charge in [-0.25, -0.2) is 0 Å². The number of carbonyl (C=O) groups is 1. The molecule has 100 valence electrons. The Kier molecular flexibility index (Phi) is 4.04. The number of fused-ring (bicyclic) bond motifs is 1. The van der Waals surface area contributed by atoms with Crippen molar-refractivity contribution in [1.29, 1.82) is 0 Å². The monoisotopic (exact) mass is 322 g/mol. The van der Waals surface area contributed by atoms with E-state index in [-0.39, 0.29) is 0 Å². The molecule has 19 heavy (non-hydrogen) atoms. The standard InChI is InChI=1S/C14H15BrN2O2/c1-9(14(18)19)8-17(2)13-5-6-16-12-4-3-10(15)7-11(12)13/h3-7,9H,8H2,1-2H3,(H,18,19). The van der Waals surface area contributed by atoms with E-state index < -0.39 is 11.9 Å². The summed E-state index contributed by atoms with van der Waals surface area (Å²) in [5, 5.41) is 10.00. The lowest BCUT2D eigenvalue weighted by molar-refractivity contribution is -0.140. The number of carboxylic acid groups (broad SMARTS) is 1. The molecule has 1 heterocycles. The van der Waals surface area contributed by atoms with Crippen molar-refractivity contribution in [2.75, 3.05) is 18.5 Å². The maximum absolute atomic E-state index is 10.9. The van der Waals surface area contributed by atoms with Crippen LogP contribution in [-0.2, 0) is 4.79 Å². The summed E-state index contributed by atoms with van der Waals surface area (Å²) in [6.45, 7) is 2.17. The summed E-state index contributed by atoms with van der Waals surface area (Å²) < 4.78 is 0.980. The van der Waals surface area contributed by atoms with E-state index >= 15 is 0 Å². The van der Waals surface area contributed by atoms with Gasteiger partial charge < -0.3 is 10.0 Å². The zero-order chi connectivity index (χ0) is 14.0. The molecule has 0 fully saturated rings. The zero-order valence-corrected chi connectivity index (χ0v) is 12.4. The first-order chi connectivity index (χ1) is 8.99. The number of anilines is 1. The van der Waals surface area contributed by atoms with Crippen molar-refractivity contribution in [3.8, 4) is 0 Å². The molecule has 1 unspecified atom stereocenters. The lowest BCUT2D eigenvalue weighted by atomic mass is 10.1. The number of benzene rings is 1. The third-order valence-electron chi connectivity index (χ3n) is 3.06. The van der Waals surface area contributed by atoms with Crippen molar-refractivity contribution in [1.82, 2.24) is 4.98 Å². The molecule has 0 saturated carbocycles. The van der Waals surface area contributed by atoms with E-state index in [1.54, 1.807) is 13.1 Å². The molecular formula is C14H15BrN2O2. The molecule has 0 spiro atoms. The van der Waals surface area contributed by atoms with Gasteiger partial charge in [0.2, 0.25) is 0 Å². The average molecular weight is 323 g/mol. The lowest BCUT2D eigenvalue weighted by Crippen LogP contribution is -2.28. The van der Waals surface area contributed by atoms with E-state index in [0.717, 1.165) is 21.1 Å². The van der Waals surface area contributed by atoms with E-state index in [2.05, 4.69) is 20.9 Å². The van der Waals surface area contributed by atoms with Crippen molar-refractivity contribution in [3.05, 3.63) is 34.9 Å². The summed E-state index contributed by atoms with van der Waals surface area (Å²) in [5.74, 6) is -1.20. The highest BCUT2D eigenvalue weighted by atomic mass is 79.9. The fourth-order valence-corrected chi connectivity index (χ4v) is 2.39. The van der Waals surface area contributed by atoms with Crippen LogP contribution in [0.1, 0.15) is 6.92 Å². The van der Waals surface area contributed by atoms with Gasteiger partial charge in [-0.05, 0) is 24.3 Å². The van der Waals surface area contributed by atoms with Gasteiger partial charge in [-0.1, -0.05) is 22.9 Å². The minimum absolute atomic E-state index is 0.416. The first-order valence-corrected chi connectivity index (χ1v) is 6.76. The van der Waals surface area contributed by atoms with Crippen molar-refractivity contribution >= 4 is 38.5 Å². The van der Waals surface area contributed by atoms with Crippen LogP contribution in [-0.4, -0.2) is 29.7 Å². The fraction of sp³-hybridized carbons (Fsp3) is 0.286. The summed E-state index contributed by atoms with van der Waals surface area (Å²) in [7, 11) is 1.90. The number of aromatic nitrogens is 1. The highest BCUT2D eigenvalue weighted by Gasteiger charge is 2.15. The molecule has 0 aliphatic carbocycles. The highest BCUT2D eigenvalue weighted by molar-refractivity contribution is 9.10. The number of aliphatic carboxylic acids is 1. The second-order valence-electron chi connectivity index (χ2n) is 4.61. The van der Waals surface area contributed by atoms with Gasteiger partial charge in [0.05, 0.1) is 11.4 Å². The van der Waals surface area contributed by atoms with Crippen molar-refractivity contribution < 1.29 is 9.90 Å². The van der Waals surface area contributed by atoms with Crippen LogP contribution < -0.4 is 4.90 Å². The van der Waals surface area contributed by atoms with E-state index in [0.29, 0.717) is 6.54 Å². The van der Waals surface area contributed by atoms with Gasteiger partial charge in [0.1, 0.15) is 0 Å². The average Bonchev–Trinajstić information content (AvgIpc) is 2.37. The number of hydrogen-bond acceptors (Lipinski definition) is 3. The molecule has 2 aromatic rings. The smallest absolute Gasteiger partial charge is 0.308 e. The number of hydrogen-bond donors (Lipinski definition) is 1. The van der Waals surface area contributed by atoms with Crippen LogP contribution in [0.5, 0.6) is 0 Å². The van der Waals surface area contributed by atoms with Crippen LogP contribution in [0.25, 0.3) is 10.9 Å². The maximum atomic E-state index is 10.9. The summed E-state index contributed by atoms with van der Waals surface area (Å²) in [5.41, 5.74) is 1.88. The minimum Gasteiger partial charge on any atom is -0.481 e. The van der Waals surface area contributed by atoms with Gasteiger partial charge in [-0.15, -0.1) is 0 Å². The first-order valence-electron chi connectivity index (χ1n) is 5.97. The Labute approximate surface area is 120 Å². The first kappa shape index (κ1) is 13.8. The predicted octanol–water partition coefficient (Wildman–Crippen LogP) is 3.15. The van der Waals surface area contributed by atoms with Crippen LogP contribution in [0.2, 0.25) is 0 Å². The maximum Gasteiger partial charge on any atom is 0.308 e. The number of nitrogens with zero attached hydrogens (tertiary/aromatic N) is 2.